The summed E-state index contributed by atoms with van der Waals surface area (Å²) < 4.78 is 28.7. The molecule has 0 saturated carbocycles. The summed E-state index contributed by atoms with van der Waals surface area (Å²) in [6.45, 7) is 9.17. The molecule has 0 radical (unpaired) electrons. The third kappa shape index (κ3) is 11.8. The lowest BCUT2D eigenvalue weighted by atomic mass is 10.0. The van der Waals surface area contributed by atoms with Gasteiger partial charge in [0.2, 0.25) is 0 Å². The van der Waals surface area contributed by atoms with Crippen molar-refractivity contribution in [2.24, 2.45) is 11.8 Å². The molecule has 7 heteroatoms. The highest BCUT2D eigenvalue weighted by Gasteiger charge is 2.33. The zero-order valence-electron chi connectivity index (χ0n) is 18.5. The minimum atomic E-state index is -4.07. The number of unbranched alkanes of at least 4 members (excludes halogenated alkanes) is 2. The van der Waals surface area contributed by atoms with Gasteiger partial charge in [0.1, 0.15) is 5.75 Å². The number of hydrogen-bond donors (Lipinski definition) is 0. The average Bonchev–Trinajstić information content (AvgIpc) is 2.73. The number of phosphoric acid groups is 1. The van der Waals surface area contributed by atoms with E-state index in [1.54, 1.807) is 24.3 Å². The normalized spacial score (nSPS) is 15.6. The Morgan fingerprint density at radius 1 is 0.793 bits per heavy atom. The smallest absolute Gasteiger partial charge is 0.401 e. The van der Waals surface area contributed by atoms with Gasteiger partial charge in [-0.1, -0.05) is 84.4 Å². The SMILES string of the molecule is CCCCC(CC)COOP(=O)(OOCC(CC)CCCC)Oc1ccccc1. The molecule has 0 bridgehead atoms. The van der Waals surface area contributed by atoms with Gasteiger partial charge in [-0.3, -0.25) is 0 Å². The summed E-state index contributed by atoms with van der Waals surface area (Å²) in [7, 11) is -4.07. The first kappa shape index (κ1) is 26.1. The predicted octanol–water partition coefficient (Wildman–Crippen LogP) is 7.50. The van der Waals surface area contributed by atoms with Gasteiger partial charge in [-0.2, -0.15) is 0 Å². The van der Waals surface area contributed by atoms with Crippen LogP contribution in [0.5, 0.6) is 5.75 Å². The summed E-state index contributed by atoms with van der Waals surface area (Å²) >= 11 is 0. The maximum absolute atomic E-state index is 13.0. The topological polar surface area (TPSA) is 63.2 Å². The minimum Gasteiger partial charge on any atom is -0.401 e. The van der Waals surface area contributed by atoms with E-state index in [-0.39, 0.29) is 0 Å². The van der Waals surface area contributed by atoms with E-state index in [0.717, 1.165) is 51.4 Å². The molecule has 0 aromatic heterocycles. The van der Waals surface area contributed by atoms with Crippen LogP contribution in [-0.2, 0) is 23.7 Å². The van der Waals surface area contributed by atoms with Crippen LogP contribution in [0, 0.1) is 11.8 Å². The number of para-hydroxylation sites is 1. The van der Waals surface area contributed by atoms with Crippen molar-refractivity contribution in [3.8, 4) is 5.75 Å². The Hall–Kier alpha value is -0.910. The third-order valence-electron chi connectivity index (χ3n) is 4.94. The summed E-state index contributed by atoms with van der Waals surface area (Å²) in [6.07, 6.45) is 8.48. The van der Waals surface area contributed by atoms with Crippen LogP contribution < -0.4 is 4.52 Å². The second kappa shape index (κ2) is 15.9. The van der Waals surface area contributed by atoms with Crippen LogP contribution in [0.1, 0.15) is 79.1 Å². The third-order valence-corrected chi connectivity index (χ3v) is 5.95. The van der Waals surface area contributed by atoms with Crippen LogP contribution in [-0.4, -0.2) is 13.2 Å². The molecule has 0 fully saturated rings. The van der Waals surface area contributed by atoms with E-state index < -0.39 is 7.82 Å². The summed E-state index contributed by atoms with van der Waals surface area (Å²) in [5.74, 6) is 1.03. The Morgan fingerprint density at radius 3 is 1.69 bits per heavy atom. The summed E-state index contributed by atoms with van der Waals surface area (Å²) in [5.41, 5.74) is 0. The van der Waals surface area contributed by atoms with Crippen LogP contribution in [0.15, 0.2) is 30.3 Å². The fourth-order valence-electron chi connectivity index (χ4n) is 2.83. The molecule has 0 aliphatic carbocycles. The molecule has 0 spiro atoms. The molecular formula is C22H39O6P. The molecule has 1 aromatic rings. The van der Waals surface area contributed by atoms with E-state index in [1.807, 2.05) is 6.07 Å². The minimum absolute atomic E-state index is 0.329. The highest BCUT2D eigenvalue weighted by atomic mass is 31.2. The summed E-state index contributed by atoms with van der Waals surface area (Å²) in [5, 5.41) is 0. The maximum Gasteiger partial charge on any atom is 0.585 e. The van der Waals surface area contributed by atoms with Crippen LogP contribution in [0.25, 0.3) is 0 Å². The van der Waals surface area contributed by atoms with Crippen LogP contribution in [0.4, 0.5) is 0 Å². The molecule has 2 unspecified atom stereocenters. The van der Waals surface area contributed by atoms with E-state index in [4.69, 9.17) is 23.6 Å². The van der Waals surface area contributed by atoms with Gasteiger partial charge in [-0.05, 0) is 36.8 Å². The van der Waals surface area contributed by atoms with E-state index in [0.29, 0.717) is 30.8 Å². The Bertz CT molecular complexity index is 527. The first-order valence-electron chi connectivity index (χ1n) is 11.0. The molecule has 1 rings (SSSR count). The zero-order valence-corrected chi connectivity index (χ0v) is 19.4. The van der Waals surface area contributed by atoms with Crippen molar-refractivity contribution in [1.29, 1.82) is 0 Å². The van der Waals surface area contributed by atoms with E-state index in [1.165, 1.54) is 0 Å². The number of hydrogen-bond acceptors (Lipinski definition) is 6. The van der Waals surface area contributed by atoms with Crippen molar-refractivity contribution in [2.75, 3.05) is 13.2 Å². The molecule has 0 aliphatic rings. The van der Waals surface area contributed by atoms with Crippen LogP contribution >= 0.6 is 7.82 Å². The molecule has 0 saturated heterocycles. The highest BCUT2D eigenvalue weighted by Crippen LogP contribution is 2.50. The predicted molar refractivity (Wildman–Crippen MR) is 115 cm³/mol. The second-order valence-electron chi connectivity index (χ2n) is 7.40. The molecule has 0 N–H and O–H groups in total. The number of benzene rings is 1. The van der Waals surface area contributed by atoms with Crippen molar-refractivity contribution in [2.45, 2.75) is 79.1 Å². The first-order valence-corrected chi connectivity index (χ1v) is 12.5. The molecule has 0 heterocycles. The van der Waals surface area contributed by atoms with Gasteiger partial charge in [0.15, 0.2) is 0 Å². The lowest BCUT2D eigenvalue weighted by Gasteiger charge is -2.20. The Labute approximate surface area is 176 Å². The lowest BCUT2D eigenvalue weighted by Crippen LogP contribution is -2.13. The first-order chi connectivity index (χ1) is 14.1. The molecule has 2 atom stereocenters. The van der Waals surface area contributed by atoms with Gasteiger partial charge in [-0.25, -0.2) is 14.3 Å². The van der Waals surface area contributed by atoms with Gasteiger partial charge < -0.3 is 4.52 Å². The largest absolute Gasteiger partial charge is 0.585 e. The second-order valence-corrected chi connectivity index (χ2v) is 8.78. The Morgan fingerprint density at radius 2 is 1.28 bits per heavy atom. The van der Waals surface area contributed by atoms with Gasteiger partial charge in [0.05, 0.1) is 13.2 Å². The van der Waals surface area contributed by atoms with Crippen molar-refractivity contribution >= 4 is 7.82 Å². The van der Waals surface area contributed by atoms with Crippen molar-refractivity contribution < 1.29 is 28.2 Å². The van der Waals surface area contributed by atoms with Crippen molar-refractivity contribution in [1.82, 2.24) is 0 Å². The molecule has 29 heavy (non-hydrogen) atoms. The fourth-order valence-corrected chi connectivity index (χ4v) is 3.68. The van der Waals surface area contributed by atoms with E-state index in [2.05, 4.69) is 27.7 Å². The molecule has 6 nitrogen and oxygen atoms in total. The van der Waals surface area contributed by atoms with Crippen molar-refractivity contribution in [3.63, 3.8) is 0 Å². The molecule has 0 amide bonds. The zero-order chi connectivity index (χ0) is 21.4. The van der Waals surface area contributed by atoms with Crippen LogP contribution in [0.2, 0.25) is 0 Å². The standard InChI is InChI=1S/C22H39O6P/c1-5-9-14-20(7-3)18-24-27-29(23,26-22-16-12-11-13-17-22)28-25-19-21(8-4)15-10-6-2/h11-13,16-17,20-21H,5-10,14-15,18-19H2,1-4H3. The van der Waals surface area contributed by atoms with Crippen LogP contribution in [0.3, 0.4) is 0 Å². The van der Waals surface area contributed by atoms with Gasteiger partial charge in [0.25, 0.3) is 0 Å². The Balaban J connectivity index is 2.62. The summed E-state index contributed by atoms with van der Waals surface area (Å²) in [4.78, 5) is 10.6. The average molecular weight is 431 g/mol. The quantitative estimate of drug-likeness (QED) is 0.136. The molecule has 1 aromatic carbocycles. The highest BCUT2D eigenvalue weighted by molar-refractivity contribution is 7.48. The summed E-state index contributed by atoms with van der Waals surface area (Å²) in [6, 6.07) is 8.73. The monoisotopic (exact) mass is 430 g/mol. The maximum atomic E-state index is 13.0. The molecule has 168 valence electrons. The van der Waals surface area contributed by atoms with E-state index >= 15 is 0 Å². The van der Waals surface area contributed by atoms with Gasteiger partial charge in [-0.15, -0.1) is 9.35 Å². The van der Waals surface area contributed by atoms with Gasteiger partial charge in [0, 0.05) is 0 Å². The molecule has 0 aliphatic heterocycles. The van der Waals surface area contributed by atoms with Gasteiger partial charge >= 0.3 is 7.82 Å². The Kier molecular flexibility index (Phi) is 14.3. The van der Waals surface area contributed by atoms with E-state index in [9.17, 15) is 4.57 Å². The number of rotatable bonds is 18. The molecular weight excluding hydrogens is 391 g/mol. The van der Waals surface area contributed by atoms with Crippen molar-refractivity contribution in [3.05, 3.63) is 30.3 Å². The fraction of sp³-hybridized carbons (Fsp3) is 0.727. The lowest BCUT2D eigenvalue weighted by molar-refractivity contribution is -0.285.